The Bertz CT molecular complexity index is 507. The second-order valence-corrected chi connectivity index (χ2v) is 3.82. The summed E-state index contributed by atoms with van der Waals surface area (Å²) < 4.78 is 0.436. The van der Waals surface area contributed by atoms with Gasteiger partial charge in [-0.2, -0.15) is 5.26 Å². The predicted octanol–water partition coefficient (Wildman–Crippen LogP) is 1.86. The van der Waals surface area contributed by atoms with Gasteiger partial charge in [-0.15, -0.1) is 0 Å². The summed E-state index contributed by atoms with van der Waals surface area (Å²) >= 11 is 3.06. The highest BCUT2D eigenvalue weighted by molar-refractivity contribution is 9.10. The Labute approximate surface area is 98.4 Å². The average molecular weight is 285 g/mol. The molecule has 1 aromatic rings. The third-order valence-electron chi connectivity index (χ3n) is 1.80. The van der Waals surface area contributed by atoms with Crippen LogP contribution in [0.15, 0.2) is 16.6 Å². The molecular formula is C9H5BrN2O4. The van der Waals surface area contributed by atoms with Crippen LogP contribution in [0, 0.1) is 21.4 Å². The maximum absolute atomic E-state index is 10.7. The highest BCUT2D eigenvalue weighted by atomic mass is 79.9. The van der Waals surface area contributed by atoms with Crippen molar-refractivity contribution in [3.63, 3.8) is 0 Å². The minimum atomic E-state index is -1.19. The lowest BCUT2D eigenvalue weighted by Gasteiger charge is -2.02. The van der Waals surface area contributed by atoms with E-state index in [1.807, 2.05) is 0 Å². The molecule has 0 aliphatic heterocycles. The van der Waals surface area contributed by atoms with Crippen molar-refractivity contribution >= 4 is 27.6 Å². The van der Waals surface area contributed by atoms with Crippen LogP contribution in [0.1, 0.15) is 11.1 Å². The first-order valence-electron chi connectivity index (χ1n) is 4.04. The highest BCUT2D eigenvalue weighted by Crippen LogP contribution is 2.28. The van der Waals surface area contributed by atoms with E-state index in [4.69, 9.17) is 10.4 Å². The fourth-order valence-electron chi connectivity index (χ4n) is 1.25. The Hall–Kier alpha value is -1.94. The summed E-state index contributed by atoms with van der Waals surface area (Å²) in [5.74, 6) is -1.19. The van der Waals surface area contributed by atoms with E-state index in [2.05, 4.69) is 15.9 Å². The number of rotatable bonds is 3. The molecule has 1 N–H and O–H groups in total. The highest BCUT2D eigenvalue weighted by Gasteiger charge is 2.22. The van der Waals surface area contributed by atoms with E-state index >= 15 is 0 Å². The second kappa shape index (κ2) is 4.72. The van der Waals surface area contributed by atoms with Gasteiger partial charge in [0.25, 0.3) is 5.69 Å². The number of hydrogen-bond acceptors (Lipinski definition) is 4. The molecule has 0 heterocycles. The van der Waals surface area contributed by atoms with Crippen molar-refractivity contribution in [1.29, 1.82) is 5.26 Å². The van der Waals surface area contributed by atoms with Gasteiger partial charge in [-0.25, -0.2) is 0 Å². The molecule has 0 atom stereocenters. The van der Waals surface area contributed by atoms with E-state index in [1.165, 1.54) is 12.1 Å². The molecule has 0 unspecified atom stereocenters. The first-order chi connectivity index (χ1) is 7.45. The Morgan fingerprint density at radius 1 is 1.62 bits per heavy atom. The van der Waals surface area contributed by atoms with E-state index in [9.17, 15) is 14.9 Å². The quantitative estimate of drug-likeness (QED) is 0.674. The van der Waals surface area contributed by atoms with Crippen LogP contribution in [0.4, 0.5) is 5.69 Å². The molecule has 0 spiro atoms. The van der Waals surface area contributed by atoms with Crippen molar-refractivity contribution in [1.82, 2.24) is 0 Å². The average Bonchev–Trinajstić information content (AvgIpc) is 2.14. The number of nitrogens with zero attached hydrogens (tertiary/aromatic N) is 2. The lowest BCUT2D eigenvalue weighted by atomic mass is 10.1. The topological polar surface area (TPSA) is 104 Å². The summed E-state index contributed by atoms with van der Waals surface area (Å²) in [6, 6.07) is 4.27. The molecule has 1 aromatic carbocycles. The van der Waals surface area contributed by atoms with Crippen molar-refractivity contribution in [2.24, 2.45) is 0 Å². The zero-order valence-electron chi connectivity index (χ0n) is 7.81. The van der Waals surface area contributed by atoms with Crippen LogP contribution >= 0.6 is 15.9 Å². The summed E-state index contributed by atoms with van der Waals surface area (Å²) in [7, 11) is 0. The van der Waals surface area contributed by atoms with E-state index in [0.29, 0.717) is 4.47 Å². The van der Waals surface area contributed by atoms with Gasteiger partial charge in [0.05, 0.1) is 11.3 Å². The van der Waals surface area contributed by atoms with Crippen LogP contribution < -0.4 is 0 Å². The minimum Gasteiger partial charge on any atom is -0.481 e. The van der Waals surface area contributed by atoms with Crippen molar-refractivity contribution in [2.45, 2.75) is 6.42 Å². The summed E-state index contributed by atoms with van der Waals surface area (Å²) in [5.41, 5.74) is -0.604. The Kier molecular flexibility index (Phi) is 3.58. The van der Waals surface area contributed by atoms with Crippen LogP contribution in [0.2, 0.25) is 0 Å². The normalized spacial score (nSPS) is 9.50. The predicted molar refractivity (Wildman–Crippen MR) is 56.9 cm³/mol. The van der Waals surface area contributed by atoms with Crippen LogP contribution in [-0.2, 0) is 11.2 Å². The molecule has 6 nitrogen and oxygen atoms in total. The van der Waals surface area contributed by atoms with E-state index in [0.717, 1.165) is 0 Å². The number of carboxylic acid groups (broad SMARTS) is 1. The van der Waals surface area contributed by atoms with Crippen LogP contribution in [0.25, 0.3) is 0 Å². The van der Waals surface area contributed by atoms with Gasteiger partial charge in [-0.3, -0.25) is 14.9 Å². The van der Waals surface area contributed by atoms with E-state index < -0.39 is 23.0 Å². The van der Waals surface area contributed by atoms with Crippen molar-refractivity contribution < 1.29 is 14.8 Å². The fourth-order valence-corrected chi connectivity index (χ4v) is 1.76. The fraction of sp³-hybridized carbons (Fsp3) is 0.111. The van der Waals surface area contributed by atoms with E-state index in [-0.39, 0.29) is 11.1 Å². The summed E-state index contributed by atoms with van der Waals surface area (Å²) in [4.78, 5) is 20.5. The zero-order chi connectivity index (χ0) is 12.3. The van der Waals surface area contributed by atoms with Gasteiger partial charge in [0.1, 0.15) is 11.6 Å². The number of carboxylic acids is 1. The molecule has 7 heteroatoms. The minimum absolute atomic E-state index is 0.00317. The lowest BCUT2D eigenvalue weighted by Crippen LogP contribution is -2.05. The van der Waals surface area contributed by atoms with Gasteiger partial charge in [0, 0.05) is 10.0 Å². The number of nitro benzene ring substituents is 1. The van der Waals surface area contributed by atoms with Crippen LogP contribution in [-0.4, -0.2) is 16.0 Å². The molecule has 0 fully saturated rings. The van der Waals surface area contributed by atoms with Crippen molar-refractivity contribution in [3.8, 4) is 6.07 Å². The molecule has 0 saturated carbocycles. The maximum atomic E-state index is 10.7. The molecule has 0 saturated heterocycles. The summed E-state index contributed by atoms with van der Waals surface area (Å²) in [5, 5.41) is 28.1. The number of carbonyl (C=O) groups is 1. The standard InChI is InChI=1S/C9H5BrN2O4/c10-7-1-5(3-8(13)14)9(12(15)16)6(2-7)4-11/h1-2H,3H2,(H,13,14). The van der Waals surface area contributed by atoms with Gasteiger partial charge >= 0.3 is 5.97 Å². The maximum Gasteiger partial charge on any atom is 0.308 e. The molecule has 0 aliphatic rings. The van der Waals surface area contributed by atoms with E-state index in [1.54, 1.807) is 6.07 Å². The third kappa shape index (κ3) is 2.55. The number of nitro groups is 1. The molecule has 0 aliphatic carbocycles. The third-order valence-corrected chi connectivity index (χ3v) is 2.26. The number of hydrogen-bond donors (Lipinski definition) is 1. The molecule has 0 bridgehead atoms. The number of nitriles is 1. The monoisotopic (exact) mass is 284 g/mol. The molecule has 16 heavy (non-hydrogen) atoms. The lowest BCUT2D eigenvalue weighted by molar-refractivity contribution is -0.385. The summed E-state index contributed by atoms with van der Waals surface area (Å²) in [6.45, 7) is 0. The molecule has 0 aromatic heterocycles. The van der Waals surface area contributed by atoms with Gasteiger partial charge in [-0.1, -0.05) is 15.9 Å². The first-order valence-corrected chi connectivity index (χ1v) is 4.83. The van der Waals surface area contributed by atoms with Crippen LogP contribution in [0.5, 0.6) is 0 Å². The molecule has 0 radical (unpaired) electrons. The van der Waals surface area contributed by atoms with Crippen molar-refractivity contribution in [2.75, 3.05) is 0 Å². The first kappa shape index (κ1) is 12.1. The Morgan fingerprint density at radius 2 is 2.25 bits per heavy atom. The van der Waals surface area contributed by atoms with Crippen LogP contribution in [0.3, 0.4) is 0 Å². The van der Waals surface area contributed by atoms with Gasteiger partial charge < -0.3 is 5.11 Å². The van der Waals surface area contributed by atoms with Crippen molar-refractivity contribution in [3.05, 3.63) is 37.8 Å². The molecule has 82 valence electrons. The summed E-state index contributed by atoms with van der Waals surface area (Å²) in [6.07, 6.45) is -0.496. The smallest absolute Gasteiger partial charge is 0.308 e. The van der Waals surface area contributed by atoms with Gasteiger partial charge in [0.2, 0.25) is 0 Å². The molecule has 0 amide bonds. The molecular weight excluding hydrogens is 280 g/mol. The number of benzene rings is 1. The number of aliphatic carboxylic acids is 1. The second-order valence-electron chi connectivity index (χ2n) is 2.90. The van der Waals surface area contributed by atoms with Gasteiger partial charge in [-0.05, 0) is 12.1 Å². The zero-order valence-corrected chi connectivity index (χ0v) is 9.39. The number of halogens is 1. The Morgan fingerprint density at radius 3 is 2.69 bits per heavy atom. The Balaban J connectivity index is 3.45. The SMILES string of the molecule is N#Cc1cc(Br)cc(CC(=O)O)c1[N+](=O)[O-]. The largest absolute Gasteiger partial charge is 0.481 e. The molecule has 1 rings (SSSR count). The van der Waals surface area contributed by atoms with Gasteiger partial charge in [0.15, 0.2) is 0 Å².